The van der Waals surface area contributed by atoms with E-state index >= 15 is 0 Å². The molecular formula is C13H15N3O. The van der Waals surface area contributed by atoms with Crippen LogP contribution in [0.15, 0.2) is 24.3 Å². The lowest BCUT2D eigenvalue weighted by molar-refractivity contribution is 0.103. The molecule has 1 aromatic carbocycles. The molecule has 0 aliphatic rings. The molecule has 0 aliphatic carbocycles. The molecule has 1 atom stereocenters. The van der Waals surface area contributed by atoms with Crippen molar-refractivity contribution in [3.05, 3.63) is 30.1 Å². The van der Waals surface area contributed by atoms with Crippen molar-refractivity contribution in [1.29, 1.82) is 5.26 Å². The van der Waals surface area contributed by atoms with E-state index in [9.17, 15) is 0 Å². The minimum atomic E-state index is 0.102. The first kappa shape index (κ1) is 11.6. The average Bonchev–Trinajstić information content (AvgIpc) is 2.68. The van der Waals surface area contributed by atoms with Crippen molar-refractivity contribution in [2.24, 2.45) is 0 Å². The van der Waals surface area contributed by atoms with Gasteiger partial charge in [-0.1, -0.05) is 12.1 Å². The molecule has 1 heterocycles. The van der Waals surface area contributed by atoms with E-state index in [1.54, 1.807) is 7.11 Å². The summed E-state index contributed by atoms with van der Waals surface area (Å²) in [6.45, 7) is 2.72. The number of rotatable bonds is 4. The van der Waals surface area contributed by atoms with Gasteiger partial charge in [-0.2, -0.15) is 5.26 Å². The maximum absolute atomic E-state index is 8.83. The number of aromatic nitrogens is 2. The zero-order valence-electron chi connectivity index (χ0n) is 10.1. The smallest absolute Gasteiger partial charge is 0.124 e. The molecule has 2 aromatic rings. The van der Waals surface area contributed by atoms with Crippen LogP contribution < -0.4 is 0 Å². The van der Waals surface area contributed by atoms with E-state index in [2.05, 4.69) is 15.6 Å². The molecular weight excluding hydrogens is 214 g/mol. The number of fused-ring (bicyclic) bond motifs is 1. The number of hydrogen-bond acceptors (Lipinski definition) is 3. The normalized spacial score (nSPS) is 12.5. The van der Waals surface area contributed by atoms with Gasteiger partial charge in [0.05, 0.1) is 36.2 Å². The van der Waals surface area contributed by atoms with Crippen molar-refractivity contribution in [3.8, 4) is 6.07 Å². The number of ether oxygens (including phenoxy) is 1. The van der Waals surface area contributed by atoms with E-state index in [0.717, 1.165) is 16.9 Å². The van der Waals surface area contributed by atoms with Crippen molar-refractivity contribution in [2.75, 3.05) is 7.11 Å². The Kier molecular flexibility index (Phi) is 3.40. The molecule has 0 fully saturated rings. The van der Waals surface area contributed by atoms with Crippen molar-refractivity contribution < 1.29 is 4.74 Å². The van der Waals surface area contributed by atoms with Gasteiger partial charge in [0, 0.05) is 7.11 Å². The van der Waals surface area contributed by atoms with Gasteiger partial charge >= 0.3 is 0 Å². The fourth-order valence-corrected chi connectivity index (χ4v) is 1.87. The summed E-state index contributed by atoms with van der Waals surface area (Å²) in [5, 5.41) is 8.83. The number of para-hydroxylation sites is 2. The molecule has 17 heavy (non-hydrogen) atoms. The van der Waals surface area contributed by atoms with Gasteiger partial charge in [0.1, 0.15) is 5.82 Å². The van der Waals surface area contributed by atoms with Crippen LogP contribution in [0.2, 0.25) is 0 Å². The summed E-state index contributed by atoms with van der Waals surface area (Å²) >= 11 is 0. The number of nitriles is 1. The third kappa shape index (κ3) is 2.29. The fraction of sp³-hybridized carbons (Fsp3) is 0.385. The highest BCUT2D eigenvalue weighted by atomic mass is 16.5. The lowest BCUT2D eigenvalue weighted by Crippen LogP contribution is -2.16. The Hall–Kier alpha value is -1.86. The average molecular weight is 229 g/mol. The predicted octanol–water partition coefficient (Wildman–Crippen LogP) is 2.14. The van der Waals surface area contributed by atoms with Crippen LogP contribution in [0.25, 0.3) is 11.0 Å². The van der Waals surface area contributed by atoms with Crippen LogP contribution in [0.4, 0.5) is 0 Å². The van der Waals surface area contributed by atoms with Crippen molar-refractivity contribution in [2.45, 2.75) is 26.0 Å². The summed E-state index contributed by atoms with van der Waals surface area (Å²) in [5.41, 5.74) is 1.99. The molecule has 0 spiro atoms. The minimum absolute atomic E-state index is 0.102. The first-order valence-corrected chi connectivity index (χ1v) is 5.60. The van der Waals surface area contributed by atoms with Gasteiger partial charge in [-0.05, 0) is 19.1 Å². The Morgan fingerprint density at radius 3 is 2.94 bits per heavy atom. The lowest BCUT2D eigenvalue weighted by atomic mass is 10.3. The van der Waals surface area contributed by atoms with E-state index < -0.39 is 0 Å². The van der Waals surface area contributed by atoms with Gasteiger partial charge in [-0.25, -0.2) is 4.98 Å². The second-order valence-corrected chi connectivity index (χ2v) is 4.01. The Balaban J connectivity index is 2.48. The van der Waals surface area contributed by atoms with Crippen LogP contribution in [0.5, 0.6) is 0 Å². The molecule has 0 amide bonds. The number of hydrogen-bond donors (Lipinski definition) is 0. The Morgan fingerprint density at radius 1 is 1.47 bits per heavy atom. The van der Waals surface area contributed by atoms with Gasteiger partial charge in [0.25, 0.3) is 0 Å². The van der Waals surface area contributed by atoms with E-state index in [1.807, 2.05) is 31.2 Å². The van der Waals surface area contributed by atoms with E-state index in [4.69, 9.17) is 10.00 Å². The van der Waals surface area contributed by atoms with Crippen LogP contribution >= 0.6 is 0 Å². The molecule has 2 rings (SSSR count). The van der Waals surface area contributed by atoms with Crippen LogP contribution in [0.3, 0.4) is 0 Å². The van der Waals surface area contributed by atoms with E-state index in [-0.39, 0.29) is 6.10 Å². The highest BCUT2D eigenvalue weighted by molar-refractivity contribution is 5.75. The second-order valence-electron chi connectivity index (χ2n) is 4.01. The summed E-state index contributed by atoms with van der Waals surface area (Å²) in [6, 6.07) is 10.1. The minimum Gasteiger partial charge on any atom is -0.380 e. The quantitative estimate of drug-likeness (QED) is 0.807. The molecule has 0 bridgehead atoms. The number of imidazole rings is 1. The lowest BCUT2D eigenvalue weighted by Gasteiger charge is -2.13. The number of benzene rings is 1. The van der Waals surface area contributed by atoms with Gasteiger partial charge in [0.15, 0.2) is 0 Å². The predicted molar refractivity (Wildman–Crippen MR) is 65.5 cm³/mol. The van der Waals surface area contributed by atoms with Crippen LogP contribution in [0, 0.1) is 11.3 Å². The summed E-state index contributed by atoms with van der Waals surface area (Å²) in [5.74, 6) is 0.803. The highest BCUT2D eigenvalue weighted by Crippen LogP contribution is 2.17. The standard InChI is InChI=1S/C13H15N3O/c1-10(17-2)9-16-12-6-4-3-5-11(12)15-13(16)7-8-14/h3-6,10H,7,9H2,1-2H3. The molecule has 1 aromatic heterocycles. The van der Waals surface area contributed by atoms with Gasteiger partial charge in [0.2, 0.25) is 0 Å². The zero-order valence-corrected chi connectivity index (χ0v) is 10.1. The highest BCUT2D eigenvalue weighted by Gasteiger charge is 2.12. The molecule has 4 nitrogen and oxygen atoms in total. The summed E-state index contributed by atoms with van der Waals surface area (Å²) < 4.78 is 7.34. The third-order valence-electron chi connectivity index (χ3n) is 2.81. The summed E-state index contributed by atoms with van der Waals surface area (Å²) in [7, 11) is 1.69. The molecule has 0 N–H and O–H groups in total. The molecule has 0 aliphatic heterocycles. The van der Waals surface area contributed by atoms with Gasteiger partial charge < -0.3 is 9.30 Å². The monoisotopic (exact) mass is 229 g/mol. The molecule has 4 heteroatoms. The maximum Gasteiger partial charge on any atom is 0.124 e. The van der Waals surface area contributed by atoms with Gasteiger partial charge in [-0.3, -0.25) is 0 Å². The number of methoxy groups -OCH3 is 1. The Labute approximate surface area is 100 Å². The molecule has 0 radical (unpaired) electrons. The maximum atomic E-state index is 8.83. The van der Waals surface area contributed by atoms with Crippen molar-refractivity contribution >= 4 is 11.0 Å². The Morgan fingerprint density at radius 2 is 2.24 bits per heavy atom. The third-order valence-corrected chi connectivity index (χ3v) is 2.81. The van der Waals surface area contributed by atoms with Gasteiger partial charge in [-0.15, -0.1) is 0 Å². The Bertz CT molecular complexity index is 553. The molecule has 88 valence electrons. The topological polar surface area (TPSA) is 50.8 Å². The molecule has 0 saturated carbocycles. The second kappa shape index (κ2) is 4.98. The summed E-state index contributed by atoms with van der Waals surface area (Å²) in [6.07, 6.45) is 0.426. The molecule has 1 unspecified atom stereocenters. The summed E-state index contributed by atoms with van der Waals surface area (Å²) in [4.78, 5) is 4.47. The van der Waals surface area contributed by atoms with Crippen molar-refractivity contribution in [3.63, 3.8) is 0 Å². The SMILES string of the molecule is COC(C)Cn1c(CC#N)nc2ccccc21. The van der Waals surface area contributed by atoms with Crippen LogP contribution in [0.1, 0.15) is 12.7 Å². The largest absolute Gasteiger partial charge is 0.380 e. The fourth-order valence-electron chi connectivity index (χ4n) is 1.87. The number of nitrogens with zero attached hydrogens (tertiary/aromatic N) is 3. The van der Waals surface area contributed by atoms with Crippen molar-refractivity contribution in [1.82, 2.24) is 9.55 Å². The van der Waals surface area contributed by atoms with Crippen LogP contribution in [-0.2, 0) is 17.7 Å². The van der Waals surface area contributed by atoms with Crippen LogP contribution in [-0.4, -0.2) is 22.8 Å². The first-order chi connectivity index (χ1) is 8.26. The molecule has 0 saturated heterocycles. The zero-order chi connectivity index (χ0) is 12.3. The first-order valence-electron chi connectivity index (χ1n) is 5.60. The van der Waals surface area contributed by atoms with E-state index in [1.165, 1.54) is 0 Å². The van der Waals surface area contributed by atoms with E-state index in [0.29, 0.717) is 13.0 Å².